The fourth-order valence-electron chi connectivity index (χ4n) is 2.37. The van der Waals surface area contributed by atoms with Crippen LogP contribution in [0.3, 0.4) is 0 Å². The number of carboxylic acids is 1. The van der Waals surface area contributed by atoms with Crippen LogP contribution in [0.15, 0.2) is 22.7 Å². The third kappa shape index (κ3) is 3.70. The van der Waals surface area contributed by atoms with Crippen LogP contribution in [0.2, 0.25) is 5.02 Å². The summed E-state index contributed by atoms with van der Waals surface area (Å²) in [4.78, 5) is 13.0. The number of aliphatic carboxylic acids is 1. The number of halogens is 2. The predicted octanol–water partition coefficient (Wildman–Crippen LogP) is 3.40. The van der Waals surface area contributed by atoms with Crippen LogP contribution in [-0.4, -0.2) is 29.1 Å². The zero-order valence-corrected chi connectivity index (χ0v) is 12.2. The van der Waals surface area contributed by atoms with Crippen LogP contribution >= 0.6 is 27.5 Å². The average molecular weight is 333 g/mol. The molecule has 0 aliphatic carbocycles. The molecule has 0 saturated carbocycles. The highest BCUT2D eigenvalue weighted by Crippen LogP contribution is 2.26. The summed E-state index contributed by atoms with van der Waals surface area (Å²) in [5, 5.41) is 9.49. The molecule has 3 nitrogen and oxygen atoms in total. The van der Waals surface area contributed by atoms with E-state index in [-0.39, 0.29) is 6.42 Å². The smallest absolute Gasteiger partial charge is 0.303 e. The SMILES string of the molecule is O=C(O)CC1CCN(Cc2ccc(Cl)c(Br)c2)C1. The summed E-state index contributed by atoms with van der Waals surface area (Å²) < 4.78 is 0.906. The minimum absolute atomic E-state index is 0.279. The van der Waals surface area contributed by atoms with Gasteiger partial charge in [-0.05, 0) is 52.5 Å². The normalized spacial score (nSPS) is 20.2. The molecule has 18 heavy (non-hydrogen) atoms. The first-order valence-electron chi connectivity index (χ1n) is 5.92. The minimum Gasteiger partial charge on any atom is -0.481 e. The Bertz CT molecular complexity index is 453. The van der Waals surface area contributed by atoms with Gasteiger partial charge in [-0.25, -0.2) is 0 Å². The quantitative estimate of drug-likeness (QED) is 0.918. The first-order valence-corrected chi connectivity index (χ1v) is 7.10. The molecular formula is C13H15BrClNO2. The topological polar surface area (TPSA) is 40.5 Å². The summed E-state index contributed by atoms with van der Waals surface area (Å²) in [6.07, 6.45) is 1.25. The van der Waals surface area contributed by atoms with Gasteiger partial charge in [0.2, 0.25) is 0 Å². The van der Waals surface area contributed by atoms with E-state index in [1.165, 1.54) is 5.56 Å². The maximum absolute atomic E-state index is 10.7. The molecule has 1 heterocycles. The fraction of sp³-hybridized carbons (Fsp3) is 0.462. The van der Waals surface area contributed by atoms with Crippen molar-refractivity contribution in [3.63, 3.8) is 0 Å². The lowest BCUT2D eigenvalue weighted by Crippen LogP contribution is -2.20. The molecule has 0 amide bonds. The molecule has 5 heteroatoms. The molecule has 1 atom stereocenters. The van der Waals surface area contributed by atoms with E-state index in [4.69, 9.17) is 16.7 Å². The monoisotopic (exact) mass is 331 g/mol. The molecule has 1 aromatic carbocycles. The van der Waals surface area contributed by atoms with Crippen molar-refractivity contribution in [2.75, 3.05) is 13.1 Å². The zero-order chi connectivity index (χ0) is 13.1. The third-order valence-corrected chi connectivity index (χ3v) is 4.44. The van der Waals surface area contributed by atoms with Crippen molar-refractivity contribution in [1.29, 1.82) is 0 Å². The van der Waals surface area contributed by atoms with Gasteiger partial charge in [0, 0.05) is 24.0 Å². The molecule has 1 unspecified atom stereocenters. The highest BCUT2D eigenvalue weighted by molar-refractivity contribution is 9.10. The van der Waals surface area contributed by atoms with E-state index in [1.807, 2.05) is 18.2 Å². The predicted molar refractivity (Wildman–Crippen MR) is 74.8 cm³/mol. The van der Waals surface area contributed by atoms with Crippen molar-refractivity contribution >= 4 is 33.5 Å². The molecule has 1 saturated heterocycles. The molecule has 0 spiro atoms. The van der Waals surface area contributed by atoms with Crippen LogP contribution in [0.1, 0.15) is 18.4 Å². The lowest BCUT2D eigenvalue weighted by atomic mass is 10.1. The number of carbonyl (C=O) groups is 1. The Kier molecular flexibility index (Phi) is 4.65. The highest BCUT2D eigenvalue weighted by Gasteiger charge is 2.24. The van der Waals surface area contributed by atoms with Crippen LogP contribution in [0.5, 0.6) is 0 Å². The van der Waals surface area contributed by atoms with E-state index in [9.17, 15) is 4.79 Å². The van der Waals surface area contributed by atoms with Gasteiger partial charge in [0.15, 0.2) is 0 Å². The second-order valence-corrected chi connectivity index (χ2v) is 6.00. The summed E-state index contributed by atoms with van der Waals surface area (Å²) in [7, 11) is 0. The first-order chi connectivity index (χ1) is 8.54. The number of nitrogens with zero attached hydrogens (tertiary/aromatic N) is 1. The Hall–Kier alpha value is -0.580. The zero-order valence-electron chi connectivity index (χ0n) is 9.90. The lowest BCUT2D eigenvalue weighted by Gasteiger charge is -2.16. The first kappa shape index (κ1) is 13.8. The standard InChI is InChI=1S/C13H15BrClNO2/c14-11-5-9(1-2-12(11)15)7-16-4-3-10(8-16)6-13(17)18/h1-2,5,10H,3-4,6-8H2,(H,17,18). The van der Waals surface area contributed by atoms with Gasteiger partial charge in [-0.1, -0.05) is 17.7 Å². The number of benzene rings is 1. The van der Waals surface area contributed by atoms with Gasteiger partial charge >= 0.3 is 5.97 Å². The number of rotatable bonds is 4. The number of likely N-dealkylation sites (tertiary alicyclic amines) is 1. The van der Waals surface area contributed by atoms with Crippen molar-refractivity contribution in [3.8, 4) is 0 Å². The molecule has 0 radical (unpaired) electrons. The second kappa shape index (κ2) is 6.04. The number of hydrogen-bond donors (Lipinski definition) is 1. The second-order valence-electron chi connectivity index (χ2n) is 4.74. The average Bonchev–Trinajstić information content (AvgIpc) is 2.70. The molecular weight excluding hydrogens is 318 g/mol. The summed E-state index contributed by atoms with van der Waals surface area (Å²) in [6.45, 7) is 2.69. The summed E-state index contributed by atoms with van der Waals surface area (Å²) in [5.41, 5.74) is 1.20. The Morgan fingerprint density at radius 3 is 3.00 bits per heavy atom. The molecule has 1 aliphatic rings. The van der Waals surface area contributed by atoms with Crippen molar-refractivity contribution in [2.24, 2.45) is 5.92 Å². The summed E-state index contributed by atoms with van der Waals surface area (Å²) in [6, 6.07) is 5.91. The Labute approximate surface area is 120 Å². The maximum Gasteiger partial charge on any atom is 0.303 e. The van der Waals surface area contributed by atoms with Crippen LogP contribution < -0.4 is 0 Å². The van der Waals surface area contributed by atoms with Crippen molar-refractivity contribution in [2.45, 2.75) is 19.4 Å². The molecule has 1 aliphatic heterocycles. The molecule has 98 valence electrons. The van der Waals surface area contributed by atoms with Gasteiger partial charge in [0.1, 0.15) is 0 Å². The van der Waals surface area contributed by atoms with Crippen LogP contribution in [0.4, 0.5) is 0 Å². The van der Waals surface area contributed by atoms with E-state index in [0.717, 1.165) is 30.5 Å². The molecule has 1 N–H and O–H groups in total. The van der Waals surface area contributed by atoms with E-state index in [1.54, 1.807) is 0 Å². The Morgan fingerprint density at radius 1 is 1.56 bits per heavy atom. The summed E-state index contributed by atoms with van der Waals surface area (Å²) in [5.74, 6) is -0.408. The van der Waals surface area contributed by atoms with Gasteiger partial charge < -0.3 is 5.11 Å². The van der Waals surface area contributed by atoms with E-state index >= 15 is 0 Å². The molecule has 1 fully saturated rings. The van der Waals surface area contributed by atoms with E-state index < -0.39 is 5.97 Å². The van der Waals surface area contributed by atoms with Crippen LogP contribution in [0.25, 0.3) is 0 Å². The number of hydrogen-bond acceptors (Lipinski definition) is 2. The minimum atomic E-state index is -0.698. The van der Waals surface area contributed by atoms with E-state index in [2.05, 4.69) is 20.8 Å². The van der Waals surface area contributed by atoms with E-state index in [0.29, 0.717) is 10.9 Å². The van der Waals surface area contributed by atoms with Gasteiger partial charge in [-0.3, -0.25) is 9.69 Å². The third-order valence-electron chi connectivity index (χ3n) is 3.22. The van der Waals surface area contributed by atoms with Gasteiger partial charge in [-0.15, -0.1) is 0 Å². The fourth-order valence-corrected chi connectivity index (χ4v) is 2.91. The number of carboxylic acid groups (broad SMARTS) is 1. The van der Waals surface area contributed by atoms with Gasteiger partial charge in [0.05, 0.1) is 5.02 Å². The Balaban J connectivity index is 1.91. The Morgan fingerprint density at radius 2 is 2.33 bits per heavy atom. The van der Waals surface area contributed by atoms with Crippen molar-refractivity contribution < 1.29 is 9.90 Å². The van der Waals surface area contributed by atoms with Gasteiger partial charge in [-0.2, -0.15) is 0 Å². The van der Waals surface area contributed by atoms with Crippen LogP contribution in [-0.2, 0) is 11.3 Å². The molecule has 1 aromatic rings. The molecule has 2 rings (SSSR count). The van der Waals surface area contributed by atoms with Crippen LogP contribution in [0, 0.1) is 5.92 Å². The van der Waals surface area contributed by atoms with Crippen molar-refractivity contribution in [3.05, 3.63) is 33.3 Å². The lowest BCUT2D eigenvalue weighted by molar-refractivity contribution is -0.138. The van der Waals surface area contributed by atoms with Gasteiger partial charge in [0.25, 0.3) is 0 Å². The molecule has 0 aromatic heterocycles. The van der Waals surface area contributed by atoms with Crippen molar-refractivity contribution in [1.82, 2.24) is 4.90 Å². The largest absolute Gasteiger partial charge is 0.481 e. The molecule has 0 bridgehead atoms. The summed E-state index contributed by atoms with van der Waals surface area (Å²) >= 11 is 9.36. The highest BCUT2D eigenvalue weighted by atomic mass is 79.9. The maximum atomic E-state index is 10.7.